The Morgan fingerprint density at radius 2 is 1.55 bits per heavy atom. The highest BCUT2D eigenvalue weighted by atomic mass is 32.2. The van der Waals surface area contributed by atoms with E-state index in [1.54, 1.807) is 24.3 Å². The first-order valence-electron chi connectivity index (χ1n) is 11.2. The molecule has 0 aromatic heterocycles. The molecule has 1 aliphatic rings. The molecular weight excluding hydrogens is 434 g/mol. The van der Waals surface area contributed by atoms with E-state index in [0.717, 1.165) is 29.8 Å². The highest BCUT2D eigenvalue weighted by molar-refractivity contribution is 7.89. The maximum absolute atomic E-state index is 12.4. The number of nitrogens with one attached hydrogen (secondary N) is 3. The van der Waals surface area contributed by atoms with Crippen LogP contribution < -0.4 is 15.4 Å². The summed E-state index contributed by atoms with van der Waals surface area (Å²) in [5.74, 6) is -0.0829. The van der Waals surface area contributed by atoms with E-state index in [1.165, 1.54) is 5.56 Å². The van der Waals surface area contributed by atoms with Crippen molar-refractivity contribution in [2.75, 3.05) is 10.6 Å². The molecule has 33 heavy (non-hydrogen) atoms. The molecule has 3 aromatic carbocycles. The average molecular weight is 464 g/mol. The SMILES string of the molecule is CC(Nc1ccc(NC(=O)CCc2ccc(S(=O)(=O)NC3CC3)cc2)cc1)c1ccccc1. The Hall–Kier alpha value is -3.16. The zero-order chi connectivity index (χ0) is 23.3. The number of rotatable bonds is 10. The number of carbonyl (C=O) groups is 1. The lowest BCUT2D eigenvalue weighted by Gasteiger charge is -2.16. The molecule has 6 nitrogen and oxygen atoms in total. The number of hydrogen-bond donors (Lipinski definition) is 3. The standard InChI is InChI=1S/C26H29N3O3S/c1-19(21-5-3-2-4-6-21)27-22-10-12-23(13-11-22)28-26(30)18-9-20-7-16-25(17-8-20)33(31,32)29-24-14-15-24/h2-8,10-13,16-17,19,24,27,29H,9,14-15,18H2,1H3,(H,28,30). The fraction of sp³-hybridized carbons (Fsp3) is 0.269. The van der Waals surface area contributed by atoms with Gasteiger partial charge in [-0.1, -0.05) is 42.5 Å². The third kappa shape index (κ3) is 6.66. The summed E-state index contributed by atoms with van der Waals surface area (Å²) in [5.41, 5.74) is 3.85. The molecule has 0 heterocycles. The number of benzene rings is 3. The van der Waals surface area contributed by atoms with Crippen molar-refractivity contribution in [3.8, 4) is 0 Å². The van der Waals surface area contributed by atoms with Crippen LogP contribution in [0, 0.1) is 0 Å². The van der Waals surface area contributed by atoms with Crippen LogP contribution in [0.1, 0.15) is 43.4 Å². The monoisotopic (exact) mass is 463 g/mol. The molecule has 1 unspecified atom stereocenters. The van der Waals surface area contributed by atoms with E-state index >= 15 is 0 Å². The Morgan fingerprint density at radius 1 is 0.909 bits per heavy atom. The molecule has 7 heteroatoms. The van der Waals surface area contributed by atoms with Gasteiger partial charge in [0.2, 0.25) is 15.9 Å². The van der Waals surface area contributed by atoms with E-state index in [0.29, 0.717) is 12.8 Å². The van der Waals surface area contributed by atoms with Gasteiger partial charge >= 0.3 is 0 Å². The van der Waals surface area contributed by atoms with Crippen LogP contribution in [0.3, 0.4) is 0 Å². The number of amides is 1. The van der Waals surface area contributed by atoms with Crippen molar-refractivity contribution < 1.29 is 13.2 Å². The third-order valence-corrected chi connectivity index (χ3v) is 7.16. The Kier molecular flexibility index (Phi) is 7.11. The molecule has 4 rings (SSSR count). The largest absolute Gasteiger partial charge is 0.379 e. The van der Waals surface area contributed by atoms with Gasteiger partial charge in [-0.15, -0.1) is 0 Å². The second kappa shape index (κ2) is 10.2. The molecule has 172 valence electrons. The summed E-state index contributed by atoms with van der Waals surface area (Å²) in [6.45, 7) is 2.11. The average Bonchev–Trinajstić information content (AvgIpc) is 3.63. The number of hydrogen-bond acceptors (Lipinski definition) is 4. The highest BCUT2D eigenvalue weighted by Crippen LogP contribution is 2.23. The third-order valence-electron chi connectivity index (χ3n) is 5.62. The molecule has 3 aromatic rings. The summed E-state index contributed by atoms with van der Waals surface area (Å²) in [7, 11) is -3.45. The van der Waals surface area contributed by atoms with Gasteiger partial charge in [-0.05, 0) is 73.7 Å². The molecular formula is C26H29N3O3S. The van der Waals surface area contributed by atoms with Crippen molar-refractivity contribution in [1.29, 1.82) is 0 Å². The van der Waals surface area contributed by atoms with E-state index in [2.05, 4.69) is 34.4 Å². The lowest BCUT2D eigenvalue weighted by molar-refractivity contribution is -0.116. The van der Waals surface area contributed by atoms with Gasteiger partial charge in [-0.25, -0.2) is 13.1 Å². The molecule has 1 atom stereocenters. The molecule has 3 N–H and O–H groups in total. The Bertz CT molecular complexity index is 1170. The Labute approximate surface area is 195 Å². The van der Waals surface area contributed by atoms with E-state index in [-0.39, 0.29) is 22.9 Å². The van der Waals surface area contributed by atoms with Crippen molar-refractivity contribution in [3.05, 3.63) is 90.0 Å². The minimum absolute atomic E-state index is 0.0792. The molecule has 0 radical (unpaired) electrons. The molecule has 0 saturated heterocycles. The van der Waals surface area contributed by atoms with Crippen molar-refractivity contribution in [2.24, 2.45) is 0 Å². The minimum Gasteiger partial charge on any atom is -0.379 e. The minimum atomic E-state index is -3.45. The fourth-order valence-electron chi connectivity index (χ4n) is 3.53. The predicted molar refractivity (Wildman–Crippen MR) is 132 cm³/mol. The van der Waals surface area contributed by atoms with Crippen LogP contribution >= 0.6 is 0 Å². The number of sulfonamides is 1. The van der Waals surface area contributed by atoms with Crippen molar-refractivity contribution in [3.63, 3.8) is 0 Å². The summed E-state index contributed by atoms with van der Waals surface area (Å²) >= 11 is 0. The highest BCUT2D eigenvalue weighted by Gasteiger charge is 2.27. The van der Waals surface area contributed by atoms with Crippen molar-refractivity contribution in [1.82, 2.24) is 4.72 Å². The molecule has 0 bridgehead atoms. The van der Waals surface area contributed by atoms with Gasteiger partial charge in [0, 0.05) is 29.9 Å². The molecule has 1 amide bonds. The molecule has 0 spiro atoms. The summed E-state index contributed by atoms with van der Waals surface area (Å²) in [6, 6.07) is 24.9. The van der Waals surface area contributed by atoms with Crippen LogP contribution in [-0.4, -0.2) is 20.4 Å². The van der Waals surface area contributed by atoms with E-state index < -0.39 is 10.0 Å². The van der Waals surface area contributed by atoms with Crippen LogP contribution in [0.2, 0.25) is 0 Å². The topological polar surface area (TPSA) is 87.3 Å². The number of aryl methyl sites for hydroxylation is 1. The van der Waals surface area contributed by atoms with Crippen molar-refractivity contribution >= 4 is 27.3 Å². The van der Waals surface area contributed by atoms with E-state index in [4.69, 9.17) is 0 Å². The maximum atomic E-state index is 12.4. The van der Waals surface area contributed by atoms with E-state index in [9.17, 15) is 13.2 Å². The quantitative estimate of drug-likeness (QED) is 0.400. The second-order valence-electron chi connectivity index (χ2n) is 8.44. The molecule has 1 fully saturated rings. The van der Waals surface area contributed by atoms with Crippen LogP contribution in [0.5, 0.6) is 0 Å². The summed E-state index contributed by atoms with van der Waals surface area (Å²) in [4.78, 5) is 12.6. The fourth-order valence-corrected chi connectivity index (χ4v) is 4.84. The maximum Gasteiger partial charge on any atom is 0.240 e. The van der Waals surface area contributed by atoms with Gasteiger partial charge in [0.25, 0.3) is 0 Å². The smallest absolute Gasteiger partial charge is 0.240 e. The van der Waals surface area contributed by atoms with Gasteiger partial charge in [-0.3, -0.25) is 4.79 Å². The summed E-state index contributed by atoms with van der Waals surface area (Å²) in [6.07, 6.45) is 2.66. The molecule has 1 aliphatic carbocycles. The number of carbonyl (C=O) groups excluding carboxylic acids is 1. The zero-order valence-corrected chi connectivity index (χ0v) is 19.4. The number of anilines is 2. The Balaban J connectivity index is 1.25. The first kappa shape index (κ1) is 23.0. The van der Waals surface area contributed by atoms with Gasteiger partial charge in [-0.2, -0.15) is 0 Å². The molecule has 1 saturated carbocycles. The second-order valence-corrected chi connectivity index (χ2v) is 10.2. The summed E-state index contributed by atoms with van der Waals surface area (Å²) in [5, 5.41) is 6.37. The van der Waals surface area contributed by atoms with E-state index in [1.807, 2.05) is 42.5 Å². The van der Waals surface area contributed by atoms with Gasteiger partial charge in [0.05, 0.1) is 4.90 Å². The van der Waals surface area contributed by atoms with Crippen LogP contribution in [-0.2, 0) is 21.2 Å². The lowest BCUT2D eigenvalue weighted by Crippen LogP contribution is -2.25. The zero-order valence-electron chi connectivity index (χ0n) is 18.6. The van der Waals surface area contributed by atoms with Gasteiger partial charge in [0.15, 0.2) is 0 Å². The predicted octanol–water partition coefficient (Wildman–Crippen LogP) is 4.87. The normalized spacial score (nSPS) is 14.5. The molecule has 0 aliphatic heterocycles. The van der Waals surface area contributed by atoms with Gasteiger partial charge < -0.3 is 10.6 Å². The van der Waals surface area contributed by atoms with Crippen LogP contribution in [0.4, 0.5) is 11.4 Å². The first-order valence-corrected chi connectivity index (χ1v) is 12.7. The Morgan fingerprint density at radius 3 is 2.18 bits per heavy atom. The van der Waals surface area contributed by atoms with Gasteiger partial charge in [0.1, 0.15) is 0 Å². The van der Waals surface area contributed by atoms with Crippen molar-refractivity contribution in [2.45, 2.75) is 49.6 Å². The summed E-state index contributed by atoms with van der Waals surface area (Å²) < 4.78 is 27.1. The van der Waals surface area contributed by atoms with Crippen LogP contribution in [0.15, 0.2) is 83.8 Å². The van der Waals surface area contributed by atoms with Crippen LogP contribution in [0.25, 0.3) is 0 Å². The lowest BCUT2D eigenvalue weighted by atomic mass is 10.1. The first-order chi connectivity index (χ1) is 15.9.